The third-order valence-electron chi connectivity index (χ3n) is 4.69. The topological polar surface area (TPSA) is 63.9 Å². The number of benzene rings is 1. The predicted molar refractivity (Wildman–Crippen MR) is 106 cm³/mol. The highest BCUT2D eigenvalue weighted by atomic mass is 32.2. The molecule has 0 spiro atoms. The fourth-order valence-electron chi connectivity index (χ4n) is 3.24. The first-order chi connectivity index (χ1) is 13.7. The van der Waals surface area contributed by atoms with Gasteiger partial charge in [-0.05, 0) is 55.7 Å². The Bertz CT molecular complexity index is 939. The van der Waals surface area contributed by atoms with E-state index >= 15 is 0 Å². The van der Waals surface area contributed by atoms with Crippen LogP contribution in [0.15, 0.2) is 53.9 Å². The molecule has 1 aromatic carbocycles. The summed E-state index contributed by atoms with van der Waals surface area (Å²) in [4.78, 5) is 18.5. The van der Waals surface area contributed by atoms with Crippen LogP contribution in [0.4, 0.5) is 4.39 Å². The molecule has 4 rings (SSSR count). The second-order valence-corrected chi connectivity index (χ2v) is 7.53. The lowest BCUT2D eigenvalue weighted by molar-refractivity contribution is -0.129. The van der Waals surface area contributed by atoms with Crippen LogP contribution in [0, 0.1) is 5.82 Å². The van der Waals surface area contributed by atoms with Crippen molar-refractivity contribution >= 4 is 17.7 Å². The van der Waals surface area contributed by atoms with Gasteiger partial charge in [-0.3, -0.25) is 14.3 Å². The molecule has 3 heterocycles. The average Bonchev–Trinajstić information content (AvgIpc) is 3.18. The standard InChI is InChI=1S/C20H20FN5OS/c21-16-4-6-17(7-5-16)26-19(15-8-10-22-11-9-15)23-24-20(26)28-14-18(27)25-12-2-1-3-13-25/h4-11H,1-3,12-14H2. The quantitative estimate of drug-likeness (QED) is 0.616. The molecule has 2 aromatic heterocycles. The van der Waals surface area contributed by atoms with Crippen molar-refractivity contribution in [1.29, 1.82) is 0 Å². The normalized spacial score (nSPS) is 14.2. The summed E-state index contributed by atoms with van der Waals surface area (Å²) in [6.07, 6.45) is 6.69. The van der Waals surface area contributed by atoms with Crippen molar-refractivity contribution in [2.45, 2.75) is 24.4 Å². The highest BCUT2D eigenvalue weighted by molar-refractivity contribution is 7.99. The van der Waals surface area contributed by atoms with Gasteiger partial charge in [0.25, 0.3) is 0 Å². The fraction of sp³-hybridized carbons (Fsp3) is 0.300. The number of halogens is 1. The van der Waals surface area contributed by atoms with Crippen LogP contribution >= 0.6 is 11.8 Å². The summed E-state index contributed by atoms with van der Waals surface area (Å²) in [5, 5.41) is 9.22. The smallest absolute Gasteiger partial charge is 0.233 e. The van der Waals surface area contributed by atoms with Crippen molar-refractivity contribution in [3.8, 4) is 17.1 Å². The van der Waals surface area contributed by atoms with E-state index in [1.807, 2.05) is 21.6 Å². The van der Waals surface area contributed by atoms with Crippen LogP contribution in [-0.4, -0.2) is 49.4 Å². The van der Waals surface area contributed by atoms with E-state index in [0.717, 1.165) is 37.2 Å². The van der Waals surface area contributed by atoms with E-state index < -0.39 is 0 Å². The lowest BCUT2D eigenvalue weighted by Crippen LogP contribution is -2.36. The molecule has 1 aliphatic heterocycles. The monoisotopic (exact) mass is 397 g/mol. The summed E-state index contributed by atoms with van der Waals surface area (Å²) >= 11 is 1.35. The van der Waals surface area contributed by atoms with Crippen molar-refractivity contribution in [3.63, 3.8) is 0 Å². The number of rotatable bonds is 5. The van der Waals surface area contributed by atoms with Crippen LogP contribution in [-0.2, 0) is 4.79 Å². The molecular formula is C20H20FN5OS. The minimum Gasteiger partial charge on any atom is -0.342 e. The van der Waals surface area contributed by atoms with Gasteiger partial charge in [0.1, 0.15) is 5.82 Å². The maximum atomic E-state index is 13.4. The van der Waals surface area contributed by atoms with Crippen LogP contribution in [0.2, 0.25) is 0 Å². The van der Waals surface area contributed by atoms with Gasteiger partial charge < -0.3 is 4.90 Å². The molecule has 28 heavy (non-hydrogen) atoms. The molecule has 8 heteroatoms. The third-order valence-corrected chi connectivity index (χ3v) is 5.60. The fourth-order valence-corrected chi connectivity index (χ4v) is 4.09. The van der Waals surface area contributed by atoms with Crippen molar-refractivity contribution in [2.24, 2.45) is 0 Å². The van der Waals surface area contributed by atoms with Crippen LogP contribution in [0.3, 0.4) is 0 Å². The van der Waals surface area contributed by atoms with Crippen molar-refractivity contribution in [2.75, 3.05) is 18.8 Å². The molecular weight excluding hydrogens is 377 g/mol. The number of amides is 1. The first kappa shape index (κ1) is 18.6. The van der Waals surface area contributed by atoms with Gasteiger partial charge in [-0.2, -0.15) is 0 Å². The predicted octanol–water partition coefficient (Wildman–Crippen LogP) is 3.57. The Balaban J connectivity index is 1.62. The number of piperidine rings is 1. The summed E-state index contributed by atoms with van der Waals surface area (Å²) in [5.74, 6) is 0.734. The van der Waals surface area contributed by atoms with E-state index in [0.29, 0.717) is 16.7 Å². The van der Waals surface area contributed by atoms with Crippen LogP contribution in [0.25, 0.3) is 17.1 Å². The Labute approximate surface area is 166 Å². The molecule has 1 saturated heterocycles. The Morgan fingerprint density at radius 1 is 1.00 bits per heavy atom. The molecule has 1 aliphatic rings. The molecule has 1 amide bonds. The Morgan fingerprint density at radius 3 is 2.43 bits per heavy atom. The van der Waals surface area contributed by atoms with Gasteiger partial charge >= 0.3 is 0 Å². The number of hydrogen-bond acceptors (Lipinski definition) is 5. The maximum absolute atomic E-state index is 13.4. The van der Waals surface area contributed by atoms with Gasteiger partial charge in [0.2, 0.25) is 5.91 Å². The molecule has 0 radical (unpaired) electrons. The zero-order valence-electron chi connectivity index (χ0n) is 15.3. The molecule has 0 atom stereocenters. The molecule has 0 unspecified atom stereocenters. The van der Waals surface area contributed by atoms with Crippen LogP contribution < -0.4 is 0 Å². The minimum absolute atomic E-state index is 0.115. The van der Waals surface area contributed by atoms with Crippen molar-refractivity contribution in [1.82, 2.24) is 24.6 Å². The average molecular weight is 397 g/mol. The molecule has 0 N–H and O–H groups in total. The molecule has 3 aromatic rings. The summed E-state index contributed by atoms with van der Waals surface area (Å²) < 4.78 is 15.3. The highest BCUT2D eigenvalue weighted by Gasteiger charge is 2.20. The van der Waals surface area contributed by atoms with E-state index in [-0.39, 0.29) is 11.7 Å². The molecule has 1 fully saturated rings. The molecule has 0 aliphatic carbocycles. The first-order valence-corrected chi connectivity index (χ1v) is 10.2. The number of likely N-dealkylation sites (tertiary alicyclic amines) is 1. The van der Waals surface area contributed by atoms with E-state index in [1.165, 1.54) is 30.3 Å². The second kappa shape index (κ2) is 8.52. The van der Waals surface area contributed by atoms with Crippen molar-refractivity contribution < 1.29 is 9.18 Å². The largest absolute Gasteiger partial charge is 0.342 e. The number of carbonyl (C=O) groups is 1. The molecule has 0 bridgehead atoms. The van der Waals surface area contributed by atoms with E-state index in [9.17, 15) is 9.18 Å². The van der Waals surface area contributed by atoms with Gasteiger partial charge in [0.05, 0.1) is 5.75 Å². The van der Waals surface area contributed by atoms with Gasteiger partial charge in [0, 0.05) is 36.7 Å². The Hall–Kier alpha value is -2.74. The molecule has 0 saturated carbocycles. The molecule has 6 nitrogen and oxygen atoms in total. The number of aromatic nitrogens is 4. The number of carbonyl (C=O) groups excluding carboxylic acids is 1. The molecule has 144 valence electrons. The number of pyridine rings is 1. The van der Waals surface area contributed by atoms with E-state index in [1.54, 1.807) is 24.5 Å². The van der Waals surface area contributed by atoms with Crippen molar-refractivity contribution in [3.05, 3.63) is 54.6 Å². The lowest BCUT2D eigenvalue weighted by Gasteiger charge is -2.26. The van der Waals surface area contributed by atoms with Gasteiger partial charge in [0.15, 0.2) is 11.0 Å². The number of nitrogens with zero attached hydrogens (tertiary/aromatic N) is 5. The Kier molecular flexibility index (Phi) is 5.66. The van der Waals surface area contributed by atoms with Gasteiger partial charge in [-0.15, -0.1) is 10.2 Å². The van der Waals surface area contributed by atoms with Gasteiger partial charge in [-0.25, -0.2) is 4.39 Å². The second-order valence-electron chi connectivity index (χ2n) is 6.58. The minimum atomic E-state index is -0.309. The zero-order chi connectivity index (χ0) is 19.3. The SMILES string of the molecule is O=C(CSc1nnc(-c2ccncc2)n1-c1ccc(F)cc1)N1CCCCC1. The number of hydrogen-bond donors (Lipinski definition) is 0. The zero-order valence-corrected chi connectivity index (χ0v) is 16.1. The van der Waals surface area contributed by atoms with Gasteiger partial charge in [-0.1, -0.05) is 11.8 Å². The van der Waals surface area contributed by atoms with E-state index in [2.05, 4.69) is 15.2 Å². The summed E-state index contributed by atoms with van der Waals surface area (Å²) in [7, 11) is 0. The lowest BCUT2D eigenvalue weighted by atomic mass is 10.1. The summed E-state index contributed by atoms with van der Waals surface area (Å²) in [5.41, 5.74) is 1.59. The third kappa shape index (κ3) is 4.06. The van der Waals surface area contributed by atoms with Crippen LogP contribution in [0.5, 0.6) is 0 Å². The van der Waals surface area contributed by atoms with E-state index in [4.69, 9.17) is 0 Å². The maximum Gasteiger partial charge on any atom is 0.233 e. The summed E-state index contributed by atoms with van der Waals surface area (Å²) in [6, 6.07) is 9.85. The highest BCUT2D eigenvalue weighted by Crippen LogP contribution is 2.28. The first-order valence-electron chi connectivity index (χ1n) is 9.25. The Morgan fingerprint density at radius 2 is 1.71 bits per heavy atom. The summed E-state index contributed by atoms with van der Waals surface area (Å²) in [6.45, 7) is 1.65. The number of thioether (sulfide) groups is 1. The van der Waals surface area contributed by atoms with Crippen LogP contribution in [0.1, 0.15) is 19.3 Å².